The highest BCUT2D eigenvalue weighted by atomic mass is 14.7. The van der Waals surface area contributed by atoms with Crippen LogP contribution in [0, 0.1) is 75.9 Å². The Kier molecular flexibility index (Phi) is 11.5. The fourth-order valence-corrected chi connectivity index (χ4v) is 11.5. The van der Waals surface area contributed by atoms with Crippen molar-refractivity contribution in [3.63, 3.8) is 0 Å². The van der Waals surface area contributed by atoms with Crippen molar-refractivity contribution in [1.82, 2.24) is 0 Å². The van der Waals surface area contributed by atoms with Crippen LogP contribution in [0.2, 0.25) is 0 Å². The highest BCUT2D eigenvalue weighted by Crippen LogP contribution is 2.72. The van der Waals surface area contributed by atoms with Gasteiger partial charge in [-0.1, -0.05) is 87.0 Å². The molecule has 0 radical (unpaired) electrons. The Morgan fingerprint density at radius 3 is 2.05 bits per heavy atom. The monoisotopic (exact) mass is 523 g/mol. The quantitative estimate of drug-likeness (QED) is 0.237. The van der Waals surface area contributed by atoms with Gasteiger partial charge in [-0.3, -0.25) is 0 Å². The molecule has 0 aromatic heterocycles. The third-order valence-electron chi connectivity index (χ3n) is 13.4. The lowest BCUT2D eigenvalue weighted by Gasteiger charge is -2.68. The van der Waals surface area contributed by atoms with Crippen LogP contribution in [0.4, 0.5) is 0 Å². The second-order valence-corrected chi connectivity index (χ2v) is 14.8. The molecule has 5 aliphatic carbocycles. The highest BCUT2D eigenvalue weighted by Gasteiger charge is 2.64. The Morgan fingerprint density at radius 1 is 0.842 bits per heavy atom. The van der Waals surface area contributed by atoms with Gasteiger partial charge in [-0.05, 0) is 134 Å². The molecule has 10 unspecified atom stereocenters. The van der Waals surface area contributed by atoms with Gasteiger partial charge in [0, 0.05) is 0 Å². The second kappa shape index (κ2) is 13.1. The van der Waals surface area contributed by atoms with Crippen molar-refractivity contribution in [3.05, 3.63) is 24.8 Å². The molecular weight excluding hydrogens is 456 g/mol. The normalized spacial score (nSPS) is 46.2. The van der Waals surface area contributed by atoms with Crippen LogP contribution >= 0.6 is 0 Å². The van der Waals surface area contributed by atoms with Gasteiger partial charge in [-0.25, -0.2) is 0 Å². The van der Waals surface area contributed by atoms with Crippen LogP contribution in [-0.4, -0.2) is 0 Å². The fourth-order valence-electron chi connectivity index (χ4n) is 11.5. The molecule has 38 heavy (non-hydrogen) atoms. The summed E-state index contributed by atoms with van der Waals surface area (Å²) >= 11 is 0. The summed E-state index contributed by atoms with van der Waals surface area (Å²) in [7, 11) is 0. The van der Waals surface area contributed by atoms with E-state index >= 15 is 0 Å². The zero-order chi connectivity index (χ0) is 28.9. The van der Waals surface area contributed by atoms with Crippen LogP contribution in [0.25, 0.3) is 0 Å². The zero-order valence-electron chi connectivity index (χ0n) is 27.4. The Morgan fingerprint density at radius 2 is 1.45 bits per heavy atom. The van der Waals surface area contributed by atoms with Crippen LogP contribution in [0.1, 0.15) is 140 Å². The van der Waals surface area contributed by atoms with Gasteiger partial charge in [0.15, 0.2) is 0 Å². The zero-order valence-corrected chi connectivity index (χ0v) is 27.4. The van der Waals surface area contributed by atoms with Crippen molar-refractivity contribution in [2.24, 2.45) is 63.1 Å². The van der Waals surface area contributed by atoms with E-state index in [0.717, 1.165) is 41.4 Å². The molecule has 0 spiro atoms. The van der Waals surface area contributed by atoms with Gasteiger partial charge in [-0.15, -0.1) is 19.4 Å². The lowest BCUT2D eigenvalue weighted by Crippen LogP contribution is -2.61. The van der Waals surface area contributed by atoms with E-state index in [0.29, 0.717) is 21.7 Å². The number of allylic oxidation sites excluding steroid dienone is 3. The molecular formula is C38H66. The summed E-state index contributed by atoms with van der Waals surface area (Å²) in [6, 6.07) is 0. The summed E-state index contributed by atoms with van der Waals surface area (Å²) in [5.41, 5.74) is 2.26. The third-order valence-corrected chi connectivity index (χ3v) is 13.4. The number of hydrogen-bond donors (Lipinski definition) is 0. The molecule has 0 aromatic rings. The maximum absolute atomic E-state index is 4.00. The first-order valence-corrected chi connectivity index (χ1v) is 16.6. The van der Waals surface area contributed by atoms with E-state index in [4.69, 9.17) is 0 Å². The maximum atomic E-state index is 4.00. The van der Waals surface area contributed by atoms with E-state index in [1.807, 2.05) is 20.8 Å². The summed E-state index contributed by atoms with van der Waals surface area (Å²) < 4.78 is 0. The van der Waals surface area contributed by atoms with E-state index in [1.165, 1.54) is 70.6 Å². The minimum absolute atomic E-state index is 0.513. The molecule has 0 heterocycles. The predicted molar refractivity (Wildman–Crippen MR) is 171 cm³/mol. The minimum atomic E-state index is 0.513. The summed E-state index contributed by atoms with van der Waals surface area (Å²) in [5.74, 6) is 6.46. The van der Waals surface area contributed by atoms with Crippen molar-refractivity contribution in [3.8, 4) is 12.8 Å². The largest absolute Gasteiger partial charge is 0.124 e. The first-order valence-electron chi connectivity index (χ1n) is 16.6. The third kappa shape index (κ3) is 5.36. The molecule has 4 saturated carbocycles. The standard InChI is InChI=1S/C31H52.C3H6.C2H6.C2H2/c1-8-31-17-10-9-11-24-23(27(31)21(2)14-20-31)12-13-26-29(24,6)19-16-25-28(4,5)22(3)15-18-30(25,26)7;1-3-2;2*1-2/h9,11,21-27H,8,10,12-20H2,1-7H3;3H,1H2,2H3;1-2H3;1-2H. The number of rotatable bonds is 1. The first-order chi connectivity index (χ1) is 18.0. The summed E-state index contributed by atoms with van der Waals surface area (Å²) in [6.07, 6.45) is 31.4. The Hall–Kier alpha value is -0.960. The Balaban J connectivity index is 0.000000665. The maximum Gasteiger partial charge on any atom is -0.0145 e. The first kappa shape index (κ1) is 33.2. The summed E-state index contributed by atoms with van der Waals surface area (Å²) in [4.78, 5) is 0. The van der Waals surface area contributed by atoms with Crippen molar-refractivity contribution in [1.29, 1.82) is 0 Å². The van der Waals surface area contributed by atoms with Gasteiger partial charge in [0.05, 0.1) is 0 Å². The molecule has 5 rings (SSSR count). The van der Waals surface area contributed by atoms with Gasteiger partial charge < -0.3 is 0 Å². The molecule has 0 aliphatic heterocycles. The molecule has 0 bridgehead atoms. The summed E-state index contributed by atoms with van der Waals surface area (Å²) in [6.45, 7) is 27.7. The van der Waals surface area contributed by atoms with Crippen molar-refractivity contribution in [2.45, 2.75) is 140 Å². The van der Waals surface area contributed by atoms with Gasteiger partial charge in [0.2, 0.25) is 0 Å². The van der Waals surface area contributed by atoms with Gasteiger partial charge in [0.25, 0.3) is 0 Å². The molecule has 0 saturated heterocycles. The summed E-state index contributed by atoms with van der Waals surface area (Å²) in [5, 5.41) is 0. The van der Waals surface area contributed by atoms with E-state index in [-0.39, 0.29) is 0 Å². The fraction of sp³-hybridized carbons (Fsp3) is 0.842. The lowest BCUT2D eigenvalue weighted by molar-refractivity contribution is -0.187. The Labute approximate surface area is 240 Å². The van der Waals surface area contributed by atoms with Gasteiger partial charge >= 0.3 is 0 Å². The molecule has 10 atom stereocenters. The molecule has 0 amide bonds. The van der Waals surface area contributed by atoms with E-state index in [9.17, 15) is 0 Å². The predicted octanol–water partition coefficient (Wildman–Crippen LogP) is 11.8. The molecule has 4 fully saturated rings. The lowest BCUT2D eigenvalue weighted by atomic mass is 9.36. The molecule has 0 heteroatoms. The number of fused-ring (bicyclic) bond motifs is 7. The molecule has 0 aromatic carbocycles. The SMILES string of the molecule is C#C.C=CC.CC.CCC12CCC=CC3C(CCC4C3(C)CCC3C(C)(C)C(C)CCC34C)C1C(C)CC2. The average molecular weight is 523 g/mol. The van der Waals surface area contributed by atoms with Crippen LogP contribution in [0.15, 0.2) is 24.8 Å². The molecule has 218 valence electrons. The topological polar surface area (TPSA) is 0 Å². The van der Waals surface area contributed by atoms with Gasteiger partial charge in [0.1, 0.15) is 0 Å². The van der Waals surface area contributed by atoms with Crippen LogP contribution < -0.4 is 0 Å². The smallest absolute Gasteiger partial charge is 0.0145 e. The van der Waals surface area contributed by atoms with Crippen molar-refractivity contribution in [2.75, 3.05) is 0 Å². The van der Waals surface area contributed by atoms with Crippen LogP contribution in [0.3, 0.4) is 0 Å². The second-order valence-electron chi connectivity index (χ2n) is 14.8. The number of terminal acetylenes is 1. The Bertz CT molecular complexity index is 798. The molecule has 0 nitrogen and oxygen atoms in total. The van der Waals surface area contributed by atoms with E-state index < -0.39 is 0 Å². The average Bonchev–Trinajstić information content (AvgIpc) is 3.21. The van der Waals surface area contributed by atoms with Crippen LogP contribution in [0.5, 0.6) is 0 Å². The molecule has 0 N–H and O–H groups in total. The van der Waals surface area contributed by atoms with Crippen LogP contribution in [-0.2, 0) is 0 Å². The minimum Gasteiger partial charge on any atom is -0.124 e. The van der Waals surface area contributed by atoms with Crippen molar-refractivity contribution < 1.29 is 0 Å². The highest BCUT2D eigenvalue weighted by molar-refractivity contribution is 5.17. The molecule has 5 aliphatic rings. The van der Waals surface area contributed by atoms with E-state index in [2.05, 4.69) is 80.0 Å². The number of hydrogen-bond acceptors (Lipinski definition) is 0. The van der Waals surface area contributed by atoms with Crippen molar-refractivity contribution >= 4 is 0 Å². The van der Waals surface area contributed by atoms with Gasteiger partial charge in [-0.2, -0.15) is 0 Å². The van der Waals surface area contributed by atoms with E-state index in [1.54, 1.807) is 6.08 Å².